The Balaban J connectivity index is 2.48. The van der Waals surface area contributed by atoms with Gasteiger partial charge in [0.25, 0.3) is 0 Å². The van der Waals surface area contributed by atoms with Crippen molar-refractivity contribution in [3.05, 3.63) is 29.6 Å². The van der Waals surface area contributed by atoms with E-state index in [2.05, 4.69) is 15.5 Å². The number of aromatic nitrogens is 4. The number of hydrogen-bond acceptors (Lipinski definition) is 4. The Morgan fingerprint density at radius 3 is 2.75 bits per heavy atom. The molecule has 0 fully saturated rings. The van der Waals surface area contributed by atoms with Crippen LogP contribution in [0.15, 0.2) is 18.2 Å². The molecule has 1 N–H and O–H groups in total. The third-order valence-corrected chi connectivity index (χ3v) is 3.43. The highest BCUT2D eigenvalue weighted by atomic mass is 19.1. The molecule has 7 heteroatoms. The Hall–Kier alpha value is -2.31. The van der Waals surface area contributed by atoms with Gasteiger partial charge in [-0.25, -0.2) is 9.07 Å². The first kappa shape index (κ1) is 14.1. The van der Waals surface area contributed by atoms with Crippen molar-refractivity contribution in [3.63, 3.8) is 0 Å². The van der Waals surface area contributed by atoms with Gasteiger partial charge in [-0.05, 0) is 48.9 Å². The lowest BCUT2D eigenvalue weighted by atomic mass is 10.0. The molecule has 1 aromatic heterocycles. The predicted octanol–water partition coefficient (Wildman–Crippen LogP) is 2.07. The van der Waals surface area contributed by atoms with Crippen LogP contribution >= 0.6 is 0 Å². The Morgan fingerprint density at radius 1 is 1.40 bits per heavy atom. The van der Waals surface area contributed by atoms with Gasteiger partial charge in [0, 0.05) is 5.56 Å². The molecular formula is C13H15FN4O2. The van der Waals surface area contributed by atoms with E-state index in [-0.39, 0.29) is 5.82 Å². The molecule has 0 saturated heterocycles. The van der Waals surface area contributed by atoms with E-state index in [9.17, 15) is 9.18 Å². The van der Waals surface area contributed by atoms with Crippen LogP contribution in [0.1, 0.15) is 25.5 Å². The predicted molar refractivity (Wildman–Crippen MR) is 69.5 cm³/mol. The van der Waals surface area contributed by atoms with Crippen LogP contribution in [-0.4, -0.2) is 31.3 Å². The van der Waals surface area contributed by atoms with Crippen molar-refractivity contribution in [2.24, 2.45) is 5.92 Å². The summed E-state index contributed by atoms with van der Waals surface area (Å²) in [6.07, 6.45) is 0. The van der Waals surface area contributed by atoms with Crippen LogP contribution in [0.2, 0.25) is 0 Å². The van der Waals surface area contributed by atoms with Crippen LogP contribution in [0.25, 0.3) is 11.4 Å². The van der Waals surface area contributed by atoms with Gasteiger partial charge in [0.05, 0.1) is 12.0 Å². The van der Waals surface area contributed by atoms with Crippen molar-refractivity contribution in [2.75, 3.05) is 0 Å². The quantitative estimate of drug-likeness (QED) is 0.925. The van der Waals surface area contributed by atoms with Crippen molar-refractivity contribution in [1.82, 2.24) is 20.2 Å². The fourth-order valence-electron chi connectivity index (χ4n) is 1.90. The molecule has 2 atom stereocenters. The van der Waals surface area contributed by atoms with E-state index in [4.69, 9.17) is 5.11 Å². The molecule has 0 amide bonds. The minimum atomic E-state index is -0.935. The maximum absolute atomic E-state index is 13.4. The number of benzene rings is 1. The Labute approximate surface area is 115 Å². The topological polar surface area (TPSA) is 80.9 Å². The molecule has 0 aliphatic carbocycles. The average Bonchev–Trinajstić information content (AvgIpc) is 2.88. The molecular weight excluding hydrogens is 263 g/mol. The average molecular weight is 278 g/mol. The highest BCUT2D eigenvalue weighted by Gasteiger charge is 2.25. The summed E-state index contributed by atoms with van der Waals surface area (Å²) in [6.45, 7) is 5.11. The lowest BCUT2D eigenvalue weighted by Crippen LogP contribution is -2.23. The first-order chi connectivity index (χ1) is 9.41. The van der Waals surface area contributed by atoms with Gasteiger partial charge in [0.15, 0.2) is 5.82 Å². The number of aliphatic carboxylic acids is 1. The Kier molecular flexibility index (Phi) is 3.78. The second-order valence-electron chi connectivity index (χ2n) is 4.77. The van der Waals surface area contributed by atoms with E-state index in [0.717, 1.165) is 5.56 Å². The number of carboxylic acid groups (broad SMARTS) is 1. The molecule has 2 aromatic rings. The van der Waals surface area contributed by atoms with Crippen LogP contribution in [0.5, 0.6) is 0 Å². The maximum atomic E-state index is 13.4. The van der Waals surface area contributed by atoms with Gasteiger partial charge in [-0.3, -0.25) is 4.79 Å². The summed E-state index contributed by atoms with van der Waals surface area (Å²) in [5.74, 6) is -1.62. The first-order valence-corrected chi connectivity index (χ1v) is 6.19. The summed E-state index contributed by atoms with van der Waals surface area (Å²) < 4.78 is 14.8. The summed E-state index contributed by atoms with van der Waals surface area (Å²) in [4.78, 5) is 11.1. The number of carbonyl (C=O) groups is 1. The third kappa shape index (κ3) is 2.52. The zero-order valence-corrected chi connectivity index (χ0v) is 11.4. The molecule has 2 unspecified atom stereocenters. The van der Waals surface area contributed by atoms with Gasteiger partial charge >= 0.3 is 5.97 Å². The molecule has 0 aliphatic rings. The van der Waals surface area contributed by atoms with Crippen molar-refractivity contribution >= 4 is 5.97 Å². The number of hydrogen-bond donors (Lipinski definition) is 1. The van der Waals surface area contributed by atoms with E-state index in [1.54, 1.807) is 19.9 Å². The van der Waals surface area contributed by atoms with E-state index < -0.39 is 17.9 Å². The van der Waals surface area contributed by atoms with E-state index in [1.165, 1.54) is 16.8 Å². The zero-order valence-electron chi connectivity index (χ0n) is 11.4. The zero-order chi connectivity index (χ0) is 14.9. The molecule has 0 aliphatic heterocycles. The first-order valence-electron chi connectivity index (χ1n) is 6.19. The normalized spacial score (nSPS) is 14.0. The van der Waals surface area contributed by atoms with Gasteiger partial charge in [-0.1, -0.05) is 6.07 Å². The standard InChI is InChI=1S/C13H15FN4O2/c1-7-4-5-10(14)6-11(7)12-15-16-17-18(12)9(3)8(2)13(19)20/h4-6,8-9H,1-3H3,(H,19,20). The number of carboxylic acids is 1. The summed E-state index contributed by atoms with van der Waals surface area (Å²) in [7, 11) is 0. The van der Waals surface area contributed by atoms with Crippen molar-refractivity contribution in [1.29, 1.82) is 0 Å². The molecule has 106 valence electrons. The van der Waals surface area contributed by atoms with E-state index in [1.807, 2.05) is 6.92 Å². The number of halogens is 1. The lowest BCUT2D eigenvalue weighted by Gasteiger charge is -2.17. The number of rotatable bonds is 4. The second-order valence-corrected chi connectivity index (χ2v) is 4.77. The number of aryl methyl sites for hydroxylation is 1. The summed E-state index contributed by atoms with van der Waals surface area (Å²) in [5, 5.41) is 20.4. The Morgan fingerprint density at radius 2 is 2.10 bits per heavy atom. The molecule has 0 spiro atoms. The molecule has 1 heterocycles. The number of tetrazole rings is 1. The van der Waals surface area contributed by atoms with E-state index in [0.29, 0.717) is 11.4 Å². The van der Waals surface area contributed by atoms with Crippen molar-refractivity contribution < 1.29 is 14.3 Å². The van der Waals surface area contributed by atoms with Crippen LogP contribution < -0.4 is 0 Å². The summed E-state index contributed by atoms with van der Waals surface area (Å²) in [5.41, 5.74) is 1.37. The minimum absolute atomic E-state index is 0.364. The fraction of sp³-hybridized carbons (Fsp3) is 0.385. The van der Waals surface area contributed by atoms with Gasteiger partial charge in [-0.15, -0.1) is 5.10 Å². The summed E-state index contributed by atoms with van der Waals surface area (Å²) >= 11 is 0. The molecule has 2 rings (SSSR count). The highest BCUT2D eigenvalue weighted by Crippen LogP contribution is 2.26. The minimum Gasteiger partial charge on any atom is -0.481 e. The van der Waals surface area contributed by atoms with Gasteiger partial charge in [-0.2, -0.15) is 0 Å². The molecule has 0 radical (unpaired) electrons. The lowest BCUT2D eigenvalue weighted by molar-refractivity contribution is -0.142. The SMILES string of the molecule is Cc1ccc(F)cc1-c1nnnn1C(C)C(C)C(=O)O. The van der Waals surface area contributed by atoms with E-state index >= 15 is 0 Å². The van der Waals surface area contributed by atoms with Crippen LogP contribution in [0, 0.1) is 18.7 Å². The maximum Gasteiger partial charge on any atom is 0.308 e. The molecule has 1 aromatic carbocycles. The molecule has 6 nitrogen and oxygen atoms in total. The van der Waals surface area contributed by atoms with Gasteiger partial charge in [0.1, 0.15) is 5.82 Å². The summed E-state index contributed by atoms with van der Waals surface area (Å²) in [6, 6.07) is 3.89. The Bertz CT molecular complexity index is 641. The van der Waals surface area contributed by atoms with Crippen LogP contribution in [0.4, 0.5) is 4.39 Å². The largest absolute Gasteiger partial charge is 0.481 e. The second kappa shape index (κ2) is 5.36. The van der Waals surface area contributed by atoms with Crippen molar-refractivity contribution in [2.45, 2.75) is 26.8 Å². The van der Waals surface area contributed by atoms with Crippen LogP contribution in [0.3, 0.4) is 0 Å². The molecule has 0 bridgehead atoms. The highest BCUT2D eigenvalue weighted by molar-refractivity contribution is 5.70. The third-order valence-electron chi connectivity index (χ3n) is 3.43. The smallest absolute Gasteiger partial charge is 0.308 e. The molecule has 20 heavy (non-hydrogen) atoms. The molecule has 0 saturated carbocycles. The fourth-order valence-corrected chi connectivity index (χ4v) is 1.90. The van der Waals surface area contributed by atoms with Crippen LogP contribution in [-0.2, 0) is 4.79 Å². The van der Waals surface area contributed by atoms with Crippen molar-refractivity contribution in [3.8, 4) is 11.4 Å². The number of nitrogens with zero attached hydrogens (tertiary/aromatic N) is 4. The van der Waals surface area contributed by atoms with Gasteiger partial charge < -0.3 is 5.11 Å². The monoisotopic (exact) mass is 278 g/mol. The van der Waals surface area contributed by atoms with Gasteiger partial charge in [0.2, 0.25) is 0 Å².